The zero-order chi connectivity index (χ0) is 18.9. The molecule has 2 rings (SSSR count). The summed E-state index contributed by atoms with van der Waals surface area (Å²) in [7, 11) is 0. The third kappa shape index (κ3) is 5.58. The van der Waals surface area contributed by atoms with Gasteiger partial charge in [-0.15, -0.1) is 0 Å². The number of para-hydroxylation sites is 1. The standard InChI is InChI=1S/C20H23FN2O3/c1-3-14(2)18(19(24)22-17-12-8-7-11-16(17)21)23-20(25)26-13-15-9-5-4-6-10-15/h4-12,14,18H,3,13H2,1-2H3,(H,22,24)(H,23,25)/t14-,18+/m1/s1. The fourth-order valence-corrected chi connectivity index (χ4v) is 2.37. The van der Waals surface area contributed by atoms with Crippen LogP contribution in [0.3, 0.4) is 0 Å². The number of nitrogens with one attached hydrogen (secondary N) is 2. The third-order valence-corrected chi connectivity index (χ3v) is 4.11. The predicted molar refractivity (Wildman–Crippen MR) is 98.0 cm³/mol. The Balaban J connectivity index is 1.98. The molecule has 0 saturated carbocycles. The summed E-state index contributed by atoms with van der Waals surface area (Å²) in [5.74, 6) is -1.16. The molecule has 26 heavy (non-hydrogen) atoms. The lowest BCUT2D eigenvalue weighted by molar-refractivity contribution is -0.119. The quantitative estimate of drug-likeness (QED) is 0.783. The van der Waals surface area contributed by atoms with Crippen LogP contribution < -0.4 is 10.6 Å². The van der Waals surface area contributed by atoms with E-state index < -0.39 is 23.9 Å². The van der Waals surface area contributed by atoms with Gasteiger partial charge in [-0.05, 0) is 23.6 Å². The molecule has 0 spiro atoms. The van der Waals surface area contributed by atoms with E-state index in [0.29, 0.717) is 6.42 Å². The van der Waals surface area contributed by atoms with Gasteiger partial charge in [0.15, 0.2) is 0 Å². The van der Waals surface area contributed by atoms with Crippen LogP contribution in [-0.4, -0.2) is 18.0 Å². The van der Waals surface area contributed by atoms with Crippen molar-refractivity contribution in [3.8, 4) is 0 Å². The molecule has 2 N–H and O–H groups in total. The summed E-state index contributed by atoms with van der Waals surface area (Å²) in [6.07, 6.45) is -0.0308. The average molecular weight is 358 g/mol. The first kappa shape index (κ1) is 19.4. The van der Waals surface area contributed by atoms with Crippen molar-refractivity contribution in [2.45, 2.75) is 32.9 Å². The van der Waals surface area contributed by atoms with E-state index in [1.807, 2.05) is 44.2 Å². The Morgan fingerprint density at radius 3 is 2.38 bits per heavy atom. The van der Waals surface area contributed by atoms with Gasteiger partial charge >= 0.3 is 6.09 Å². The Labute approximate surface area is 152 Å². The molecule has 0 heterocycles. The molecular formula is C20H23FN2O3. The summed E-state index contributed by atoms with van der Waals surface area (Å²) >= 11 is 0. The van der Waals surface area contributed by atoms with Crippen molar-refractivity contribution < 1.29 is 18.7 Å². The van der Waals surface area contributed by atoms with E-state index in [2.05, 4.69) is 10.6 Å². The second kappa shape index (κ2) is 9.56. The maximum absolute atomic E-state index is 13.7. The number of carbonyl (C=O) groups is 2. The molecule has 0 aliphatic carbocycles. The van der Waals surface area contributed by atoms with E-state index in [9.17, 15) is 14.0 Å². The summed E-state index contributed by atoms with van der Waals surface area (Å²) in [4.78, 5) is 24.6. The Bertz CT molecular complexity index is 737. The molecule has 0 bridgehead atoms. The van der Waals surface area contributed by atoms with Crippen LogP contribution in [0.4, 0.5) is 14.9 Å². The second-order valence-corrected chi connectivity index (χ2v) is 6.04. The fraction of sp³-hybridized carbons (Fsp3) is 0.300. The lowest BCUT2D eigenvalue weighted by atomic mass is 9.98. The van der Waals surface area contributed by atoms with Crippen molar-refractivity contribution in [1.29, 1.82) is 0 Å². The molecule has 6 heteroatoms. The van der Waals surface area contributed by atoms with E-state index in [1.165, 1.54) is 18.2 Å². The second-order valence-electron chi connectivity index (χ2n) is 6.04. The van der Waals surface area contributed by atoms with E-state index in [1.54, 1.807) is 6.07 Å². The van der Waals surface area contributed by atoms with Crippen LogP contribution in [0.25, 0.3) is 0 Å². The van der Waals surface area contributed by atoms with Gasteiger partial charge in [0.1, 0.15) is 18.5 Å². The molecule has 0 aromatic heterocycles. The summed E-state index contributed by atoms with van der Waals surface area (Å²) in [5, 5.41) is 5.10. The number of hydrogen-bond acceptors (Lipinski definition) is 3. The van der Waals surface area contributed by atoms with Crippen LogP contribution in [0.2, 0.25) is 0 Å². The van der Waals surface area contributed by atoms with Crippen molar-refractivity contribution in [3.63, 3.8) is 0 Å². The van der Waals surface area contributed by atoms with Crippen molar-refractivity contribution in [2.75, 3.05) is 5.32 Å². The van der Waals surface area contributed by atoms with Crippen LogP contribution in [0.15, 0.2) is 54.6 Å². The third-order valence-electron chi connectivity index (χ3n) is 4.11. The zero-order valence-corrected chi connectivity index (χ0v) is 14.9. The van der Waals surface area contributed by atoms with E-state index in [0.717, 1.165) is 5.56 Å². The van der Waals surface area contributed by atoms with Gasteiger partial charge in [0.25, 0.3) is 0 Å². The van der Waals surface area contributed by atoms with Gasteiger partial charge < -0.3 is 15.4 Å². The number of anilines is 1. The van der Waals surface area contributed by atoms with Crippen LogP contribution in [-0.2, 0) is 16.1 Å². The van der Waals surface area contributed by atoms with E-state index in [-0.39, 0.29) is 18.2 Å². The molecule has 0 unspecified atom stereocenters. The molecule has 138 valence electrons. The molecule has 2 aromatic carbocycles. The van der Waals surface area contributed by atoms with Crippen LogP contribution in [0, 0.1) is 11.7 Å². The maximum Gasteiger partial charge on any atom is 0.408 e. The first-order valence-corrected chi connectivity index (χ1v) is 8.54. The van der Waals surface area contributed by atoms with E-state index >= 15 is 0 Å². The first-order chi connectivity index (χ1) is 12.5. The van der Waals surface area contributed by atoms with Crippen molar-refractivity contribution >= 4 is 17.7 Å². The highest BCUT2D eigenvalue weighted by Gasteiger charge is 2.27. The van der Waals surface area contributed by atoms with E-state index in [4.69, 9.17) is 4.74 Å². The van der Waals surface area contributed by atoms with Gasteiger partial charge in [-0.3, -0.25) is 4.79 Å². The number of carbonyl (C=O) groups excluding carboxylic acids is 2. The summed E-state index contributed by atoms with van der Waals surface area (Å²) < 4.78 is 18.9. The minimum atomic E-state index is -0.831. The molecule has 0 aliphatic rings. The van der Waals surface area contributed by atoms with Gasteiger partial charge in [-0.2, -0.15) is 0 Å². The van der Waals surface area contributed by atoms with Gasteiger partial charge in [0, 0.05) is 0 Å². The Hall–Kier alpha value is -2.89. The minimum absolute atomic E-state index is 0.0743. The van der Waals surface area contributed by atoms with Gasteiger partial charge in [0.05, 0.1) is 5.69 Å². The molecular weight excluding hydrogens is 335 g/mol. The lowest BCUT2D eigenvalue weighted by Gasteiger charge is -2.23. The highest BCUT2D eigenvalue weighted by molar-refractivity contribution is 5.96. The van der Waals surface area contributed by atoms with Crippen LogP contribution >= 0.6 is 0 Å². The SMILES string of the molecule is CC[C@@H](C)[C@H](NC(=O)OCc1ccccc1)C(=O)Nc1ccccc1F. The molecule has 2 amide bonds. The number of amides is 2. The van der Waals surface area contributed by atoms with Crippen molar-refractivity contribution in [3.05, 3.63) is 66.0 Å². The fourth-order valence-electron chi connectivity index (χ4n) is 2.37. The largest absolute Gasteiger partial charge is 0.445 e. The molecule has 0 fully saturated rings. The number of halogens is 1. The van der Waals surface area contributed by atoms with Crippen LogP contribution in [0.1, 0.15) is 25.8 Å². The van der Waals surface area contributed by atoms with Gasteiger partial charge in [-0.25, -0.2) is 9.18 Å². The van der Waals surface area contributed by atoms with Crippen molar-refractivity contribution in [1.82, 2.24) is 5.32 Å². The topological polar surface area (TPSA) is 67.4 Å². The zero-order valence-electron chi connectivity index (χ0n) is 14.9. The predicted octanol–water partition coefficient (Wildman–Crippen LogP) is 4.11. The molecule has 0 saturated heterocycles. The summed E-state index contributed by atoms with van der Waals surface area (Å²) in [5.41, 5.74) is 0.920. The molecule has 2 aromatic rings. The maximum atomic E-state index is 13.7. The number of rotatable bonds is 7. The summed E-state index contributed by atoms with van der Waals surface area (Å²) in [6, 6.07) is 14.3. The Kier molecular flexibility index (Phi) is 7.14. The minimum Gasteiger partial charge on any atom is -0.445 e. The monoisotopic (exact) mass is 358 g/mol. The van der Waals surface area contributed by atoms with Gasteiger partial charge in [0.2, 0.25) is 5.91 Å². The van der Waals surface area contributed by atoms with Crippen molar-refractivity contribution in [2.24, 2.45) is 5.92 Å². The average Bonchev–Trinajstić information content (AvgIpc) is 2.66. The normalized spacial score (nSPS) is 12.7. The van der Waals surface area contributed by atoms with Gasteiger partial charge in [-0.1, -0.05) is 62.7 Å². The highest BCUT2D eigenvalue weighted by atomic mass is 19.1. The number of hydrogen-bond donors (Lipinski definition) is 2. The Morgan fingerprint density at radius 2 is 1.73 bits per heavy atom. The molecule has 2 atom stereocenters. The first-order valence-electron chi connectivity index (χ1n) is 8.54. The molecule has 0 aliphatic heterocycles. The molecule has 0 radical (unpaired) electrons. The Morgan fingerprint density at radius 1 is 1.08 bits per heavy atom. The number of benzene rings is 2. The highest BCUT2D eigenvalue weighted by Crippen LogP contribution is 2.15. The lowest BCUT2D eigenvalue weighted by Crippen LogP contribution is -2.47. The smallest absolute Gasteiger partial charge is 0.408 e. The number of ether oxygens (including phenoxy) is 1. The van der Waals surface area contributed by atoms with Crippen LogP contribution in [0.5, 0.6) is 0 Å². The molecule has 5 nitrogen and oxygen atoms in total. The number of alkyl carbamates (subject to hydrolysis) is 1. The summed E-state index contributed by atoms with van der Waals surface area (Å²) in [6.45, 7) is 3.85.